The second-order valence-electron chi connectivity index (χ2n) is 6.84. The minimum atomic E-state index is -0.570. The largest absolute Gasteiger partial charge is 0.493 e. The van der Waals surface area contributed by atoms with E-state index in [2.05, 4.69) is 10.6 Å². The minimum Gasteiger partial charge on any atom is -0.493 e. The molecule has 9 heteroatoms. The van der Waals surface area contributed by atoms with Gasteiger partial charge >= 0.3 is 0 Å². The van der Waals surface area contributed by atoms with Crippen molar-refractivity contribution in [2.45, 2.75) is 19.0 Å². The standard InChI is InChI=1S/C19H26N4O5/c1-27-15-4-3-13(9-16(15)28-2)11-22-7-6-21-19(26)14(22)10-18(25)23-8-5-20-17(24)12-23/h3-4,9,14H,5-8,10-12H2,1-2H3,(H,20,24)(H,21,26). The first-order valence-corrected chi connectivity index (χ1v) is 9.29. The Hall–Kier alpha value is -2.81. The monoisotopic (exact) mass is 390 g/mol. The number of hydrogen-bond donors (Lipinski definition) is 2. The number of carbonyl (C=O) groups is 3. The third-order valence-electron chi connectivity index (χ3n) is 5.03. The third-order valence-corrected chi connectivity index (χ3v) is 5.03. The molecular weight excluding hydrogens is 364 g/mol. The topological polar surface area (TPSA) is 100 Å². The van der Waals surface area contributed by atoms with E-state index in [1.54, 1.807) is 14.2 Å². The van der Waals surface area contributed by atoms with E-state index in [-0.39, 0.29) is 30.7 Å². The van der Waals surface area contributed by atoms with Gasteiger partial charge in [0.2, 0.25) is 17.7 Å². The molecule has 2 saturated heterocycles. The van der Waals surface area contributed by atoms with Crippen LogP contribution in [0.2, 0.25) is 0 Å². The van der Waals surface area contributed by atoms with Crippen molar-refractivity contribution in [3.8, 4) is 11.5 Å². The predicted molar refractivity (Wildman–Crippen MR) is 101 cm³/mol. The second kappa shape index (κ2) is 8.92. The number of ether oxygens (including phenoxy) is 2. The zero-order valence-electron chi connectivity index (χ0n) is 16.2. The molecule has 9 nitrogen and oxygen atoms in total. The number of rotatable bonds is 6. The van der Waals surface area contributed by atoms with Crippen LogP contribution < -0.4 is 20.1 Å². The van der Waals surface area contributed by atoms with Crippen molar-refractivity contribution >= 4 is 17.7 Å². The van der Waals surface area contributed by atoms with Crippen LogP contribution in [0.1, 0.15) is 12.0 Å². The van der Waals surface area contributed by atoms with Crippen LogP contribution in [0, 0.1) is 0 Å². The van der Waals surface area contributed by atoms with Crippen LogP contribution in [0.4, 0.5) is 0 Å². The molecule has 2 aliphatic rings. The van der Waals surface area contributed by atoms with Crippen molar-refractivity contribution in [2.75, 3.05) is 46.9 Å². The van der Waals surface area contributed by atoms with Gasteiger partial charge in [0.15, 0.2) is 11.5 Å². The molecule has 1 atom stereocenters. The van der Waals surface area contributed by atoms with Crippen LogP contribution in [-0.4, -0.2) is 80.5 Å². The number of piperazine rings is 2. The number of benzene rings is 1. The van der Waals surface area contributed by atoms with E-state index in [1.165, 1.54) is 4.90 Å². The van der Waals surface area contributed by atoms with E-state index >= 15 is 0 Å². The molecule has 0 aromatic heterocycles. The molecule has 0 radical (unpaired) electrons. The summed E-state index contributed by atoms with van der Waals surface area (Å²) in [5, 5.41) is 5.53. The molecule has 28 heavy (non-hydrogen) atoms. The lowest BCUT2D eigenvalue weighted by Gasteiger charge is -2.36. The Morgan fingerprint density at radius 1 is 1.11 bits per heavy atom. The Balaban J connectivity index is 1.71. The lowest BCUT2D eigenvalue weighted by molar-refractivity contribution is -0.142. The van der Waals surface area contributed by atoms with Gasteiger partial charge < -0.3 is 25.0 Å². The zero-order chi connectivity index (χ0) is 20.1. The van der Waals surface area contributed by atoms with Gasteiger partial charge in [-0.15, -0.1) is 0 Å². The number of methoxy groups -OCH3 is 2. The minimum absolute atomic E-state index is 0.0445. The van der Waals surface area contributed by atoms with Crippen molar-refractivity contribution in [1.29, 1.82) is 0 Å². The highest BCUT2D eigenvalue weighted by atomic mass is 16.5. The Kier molecular flexibility index (Phi) is 6.35. The van der Waals surface area contributed by atoms with Crippen molar-refractivity contribution in [3.63, 3.8) is 0 Å². The average Bonchev–Trinajstić information content (AvgIpc) is 2.70. The molecule has 1 unspecified atom stereocenters. The average molecular weight is 390 g/mol. The predicted octanol–water partition coefficient (Wildman–Crippen LogP) is -0.647. The lowest BCUT2D eigenvalue weighted by Crippen LogP contribution is -2.57. The van der Waals surface area contributed by atoms with E-state index in [0.29, 0.717) is 44.2 Å². The second-order valence-corrected chi connectivity index (χ2v) is 6.84. The first-order chi connectivity index (χ1) is 13.5. The van der Waals surface area contributed by atoms with Gasteiger partial charge in [-0.25, -0.2) is 0 Å². The molecular formula is C19H26N4O5. The molecule has 1 aromatic carbocycles. The van der Waals surface area contributed by atoms with Crippen molar-refractivity contribution in [3.05, 3.63) is 23.8 Å². The molecule has 0 aliphatic carbocycles. The third kappa shape index (κ3) is 4.53. The molecule has 2 fully saturated rings. The number of nitrogens with one attached hydrogen (secondary N) is 2. The van der Waals surface area contributed by atoms with E-state index < -0.39 is 6.04 Å². The maximum absolute atomic E-state index is 12.6. The summed E-state index contributed by atoms with van der Waals surface area (Å²) in [6, 6.07) is 5.05. The molecule has 3 rings (SSSR count). The molecule has 3 amide bonds. The van der Waals surface area contributed by atoms with Crippen LogP contribution in [0.5, 0.6) is 11.5 Å². The maximum atomic E-state index is 12.6. The van der Waals surface area contributed by atoms with E-state index in [9.17, 15) is 14.4 Å². The van der Waals surface area contributed by atoms with Crippen LogP contribution in [-0.2, 0) is 20.9 Å². The summed E-state index contributed by atoms with van der Waals surface area (Å²) in [6.07, 6.45) is 0.0480. The van der Waals surface area contributed by atoms with Crippen LogP contribution >= 0.6 is 0 Å². The summed E-state index contributed by atoms with van der Waals surface area (Å²) >= 11 is 0. The SMILES string of the molecule is COc1ccc(CN2CCNC(=O)C2CC(=O)N2CCNC(=O)C2)cc1OC. The van der Waals surface area contributed by atoms with Gasteiger partial charge in [0.25, 0.3) is 0 Å². The van der Waals surface area contributed by atoms with Gasteiger partial charge in [0.05, 0.1) is 33.2 Å². The summed E-state index contributed by atoms with van der Waals surface area (Å²) in [5.41, 5.74) is 0.960. The van der Waals surface area contributed by atoms with E-state index in [4.69, 9.17) is 9.47 Å². The summed E-state index contributed by atoms with van der Waals surface area (Å²) < 4.78 is 10.6. The Morgan fingerprint density at radius 2 is 1.86 bits per heavy atom. The summed E-state index contributed by atoms with van der Waals surface area (Å²) in [4.78, 5) is 40.1. The summed E-state index contributed by atoms with van der Waals surface area (Å²) in [5.74, 6) is 0.733. The van der Waals surface area contributed by atoms with Crippen molar-refractivity contribution in [2.24, 2.45) is 0 Å². The maximum Gasteiger partial charge on any atom is 0.239 e. The van der Waals surface area contributed by atoms with Crippen LogP contribution in [0.15, 0.2) is 18.2 Å². The molecule has 0 bridgehead atoms. The Labute approximate surface area is 163 Å². The molecule has 152 valence electrons. The number of amides is 3. The molecule has 1 aromatic rings. The van der Waals surface area contributed by atoms with Gasteiger partial charge in [-0.05, 0) is 17.7 Å². The highest BCUT2D eigenvalue weighted by Crippen LogP contribution is 2.28. The van der Waals surface area contributed by atoms with E-state index in [0.717, 1.165) is 5.56 Å². The van der Waals surface area contributed by atoms with Crippen LogP contribution in [0.25, 0.3) is 0 Å². The van der Waals surface area contributed by atoms with Gasteiger partial charge in [0, 0.05) is 32.7 Å². The molecule has 2 N–H and O–H groups in total. The first kappa shape index (κ1) is 19.9. The first-order valence-electron chi connectivity index (χ1n) is 9.29. The van der Waals surface area contributed by atoms with Crippen molar-refractivity contribution in [1.82, 2.24) is 20.4 Å². The number of carbonyl (C=O) groups excluding carboxylic acids is 3. The Morgan fingerprint density at radius 3 is 2.57 bits per heavy atom. The van der Waals surface area contributed by atoms with Gasteiger partial charge in [-0.1, -0.05) is 6.07 Å². The van der Waals surface area contributed by atoms with E-state index in [1.807, 2.05) is 23.1 Å². The molecule has 0 spiro atoms. The fourth-order valence-electron chi connectivity index (χ4n) is 3.53. The number of nitrogens with zero attached hydrogens (tertiary/aromatic N) is 2. The zero-order valence-corrected chi connectivity index (χ0v) is 16.2. The number of hydrogen-bond acceptors (Lipinski definition) is 6. The molecule has 2 aliphatic heterocycles. The Bertz CT molecular complexity index is 754. The summed E-state index contributed by atoms with van der Waals surface area (Å²) in [6.45, 7) is 2.63. The van der Waals surface area contributed by atoms with Gasteiger partial charge in [-0.3, -0.25) is 19.3 Å². The molecule has 2 heterocycles. The smallest absolute Gasteiger partial charge is 0.239 e. The normalized spacial score (nSPS) is 20.4. The quantitative estimate of drug-likeness (QED) is 0.670. The highest BCUT2D eigenvalue weighted by Gasteiger charge is 2.34. The lowest BCUT2D eigenvalue weighted by atomic mass is 10.1. The van der Waals surface area contributed by atoms with Gasteiger partial charge in [-0.2, -0.15) is 0 Å². The van der Waals surface area contributed by atoms with Crippen LogP contribution in [0.3, 0.4) is 0 Å². The van der Waals surface area contributed by atoms with Crippen molar-refractivity contribution < 1.29 is 23.9 Å². The fraction of sp³-hybridized carbons (Fsp3) is 0.526. The highest BCUT2D eigenvalue weighted by molar-refractivity contribution is 5.91. The fourth-order valence-corrected chi connectivity index (χ4v) is 3.53. The van der Waals surface area contributed by atoms with Gasteiger partial charge in [0.1, 0.15) is 0 Å². The molecule has 0 saturated carbocycles. The summed E-state index contributed by atoms with van der Waals surface area (Å²) in [7, 11) is 3.15.